The first kappa shape index (κ1) is 10.9. The maximum Gasteiger partial charge on any atom is 0.218 e. The molecule has 18 heavy (non-hydrogen) atoms. The van der Waals surface area contributed by atoms with E-state index in [0.29, 0.717) is 19.1 Å². The lowest BCUT2D eigenvalue weighted by Gasteiger charge is -2.42. The van der Waals surface area contributed by atoms with Crippen molar-refractivity contribution in [1.82, 2.24) is 0 Å². The molecule has 1 unspecified atom stereocenters. The van der Waals surface area contributed by atoms with Gasteiger partial charge in [-0.3, -0.25) is 4.99 Å². The van der Waals surface area contributed by atoms with Crippen molar-refractivity contribution in [3.63, 3.8) is 0 Å². The van der Waals surface area contributed by atoms with E-state index in [4.69, 9.17) is 21.3 Å². The molecule has 2 fully saturated rings. The van der Waals surface area contributed by atoms with Crippen molar-refractivity contribution in [3.8, 4) is 0 Å². The predicted molar refractivity (Wildman–Crippen MR) is 66.6 cm³/mol. The number of nitrogens with zero attached hydrogens (tertiary/aromatic N) is 3. The number of quaternary nitrogens is 1. The van der Waals surface area contributed by atoms with E-state index >= 15 is 0 Å². The maximum absolute atomic E-state index is 6.43. The number of hydrogen-bond donors (Lipinski definition) is 0. The standard InChI is InChI=1S/C12H13ClN3O2/c13-16-2-1-14-7-10(16)11(15-8-16)9-5-12(6-9)17-3-4-18-12/h1-2,7-9H,3-6H2/q+1. The minimum Gasteiger partial charge on any atom is -0.347 e. The first-order valence-corrected chi connectivity index (χ1v) is 6.42. The predicted octanol–water partition coefficient (Wildman–Crippen LogP) is 1.92. The highest BCUT2D eigenvalue weighted by Crippen LogP contribution is 2.50. The molecule has 4 aliphatic rings. The monoisotopic (exact) mass is 266 g/mol. The van der Waals surface area contributed by atoms with Crippen LogP contribution in [0.25, 0.3) is 0 Å². The quantitative estimate of drug-likeness (QED) is 0.681. The van der Waals surface area contributed by atoms with Crippen molar-refractivity contribution in [2.45, 2.75) is 18.6 Å². The molecule has 3 aliphatic heterocycles. The van der Waals surface area contributed by atoms with Crippen molar-refractivity contribution in [3.05, 3.63) is 23.8 Å². The normalized spacial score (nSPS) is 36.5. The summed E-state index contributed by atoms with van der Waals surface area (Å²) in [7, 11) is 0. The molecule has 0 aromatic heterocycles. The van der Waals surface area contributed by atoms with Crippen LogP contribution >= 0.6 is 11.8 Å². The zero-order valence-corrected chi connectivity index (χ0v) is 10.5. The number of fused-ring (bicyclic) bond motifs is 1. The van der Waals surface area contributed by atoms with E-state index < -0.39 is 0 Å². The van der Waals surface area contributed by atoms with Gasteiger partial charge < -0.3 is 9.47 Å². The van der Waals surface area contributed by atoms with Crippen LogP contribution in [0.2, 0.25) is 0 Å². The number of ether oxygens (including phenoxy) is 2. The highest BCUT2D eigenvalue weighted by molar-refractivity contribution is 6.14. The summed E-state index contributed by atoms with van der Waals surface area (Å²) < 4.78 is 11.4. The Morgan fingerprint density at radius 1 is 1.33 bits per heavy atom. The maximum atomic E-state index is 6.43. The first-order valence-electron chi connectivity index (χ1n) is 6.08. The molecule has 0 N–H and O–H groups in total. The second-order valence-corrected chi connectivity index (χ2v) is 5.55. The largest absolute Gasteiger partial charge is 0.347 e. The van der Waals surface area contributed by atoms with Gasteiger partial charge in [-0.2, -0.15) is 4.99 Å². The molecule has 6 heteroatoms. The van der Waals surface area contributed by atoms with Crippen molar-refractivity contribution in [1.29, 1.82) is 0 Å². The molecule has 1 saturated heterocycles. The van der Waals surface area contributed by atoms with Crippen molar-refractivity contribution in [2.75, 3.05) is 13.2 Å². The van der Waals surface area contributed by atoms with Gasteiger partial charge in [-0.1, -0.05) is 0 Å². The number of aliphatic imine (C=N–C) groups is 2. The van der Waals surface area contributed by atoms with Crippen LogP contribution in [-0.4, -0.2) is 35.6 Å². The fourth-order valence-electron chi connectivity index (χ4n) is 2.90. The number of hydrogen-bond acceptors (Lipinski definition) is 4. The van der Waals surface area contributed by atoms with E-state index in [-0.39, 0.29) is 9.79 Å². The third-order valence-electron chi connectivity index (χ3n) is 3.88. The third kappa shape index (κ3) is 1.39. The summed E-state index contributed by atoms with van der Waals surface area (Å²) in [5.74, 6) is 0.00556. The van der Waals surface area contributed by atoms with Crippen LogP contribution in [0.15, 0.2) is 33.8 Å². The van der Waals surface area contributed by atoms with E-state index in [1.54, 1.807) is 18.8 Å². The second kappa shape index (κ2) is 3.51. The number of allylic oxidation sites excluding steroid dienone is 2. The lowest BCUT2D eigenvalue weighted by Crippen LogP contribution is -2.45. The summed E-state index contributed by atoms with van der Waals surface area (Å²) in [6.07, 6.45) is 8.74. The van der Waals surface area contributed by atoms with Crippen LogP contribution < -0.4 is 0 Å². The Labute approximate surface area is 110 Å². The molecule has 0 bridgehead atoms. The molecular weight excluding hydrogens is 254 g/mol. The molecule has 1 spiro atoms. The molecule has 1 aliphatic carbocycles. The molecule has 0 amide bonds. The fraction of sp³-hybridized carbons (Fsp3) is 0.500. The van der Waals surface area contributed by atoms with Crippen LogP contribution in [0.1, 0.15) is 12.8 Å². The summed E-state index contributed by atoms with van der Waals surface area (Å²) >= 11 is 6.43. The van der Waals surface area contributed by atoms with Gasteiger partial charge in [0.2, 0.25) is 12.0 Å². The van der Waals surface area contributed by atoms with Gasteiger partial charge in [0.05, 0.1) is 25.6 Å². The Balaban J connectivity index is 1.60. The van der Waals surface area contributed by atoms with E-state index in [1.807, 2.05) is 6.20 Å². The summed E-state index contributed by atoms with van der Waals surface area (Å²) in [6.45, 7) is 1.39. The highest BCUT2D eigenvalue weighted by atomic mass is 35.5. The average Bonchev–Trinajstić information content (AvgIpc) is 2.90. The molecule has 94 valence electrons. The van der Waals surface area contributed by atoms with E-state index in [1.165, 1.54) is 0 Å². The minimum absolute atomic E-state index is 0.101. The van der Waals surface area contributed by atoms with Crippen LogP contribution in [-0.2, 0) is 9.47 Å². The van der Waals surface area contributed by atoms with Crippen LogP contribution in [0.3, 0.4) is 0 Å². The van der Waals surface area contributed by atoms with Gasteiger partial charge in [0, 0.05) is 18.8 Å². The van der Waals surface area contributed by atoms with Gasteiger partial charge in [-0.15, -0.1) is 4.00 Å². The molecule has 0 aromatic carbocycles. The molecule has 1 saturated carbocycles. The molecular formula is C12H13ClN3O2+. The zero-order chi connectivity index (χ0) is 12.2. The molecule has 0 radical (unpaired) electrons. The van der Waals surface area contributed by atoms with E-state index in [0.717, 1.165) is 24.2 Å². The van der Waals surface area contributed by atoms with Crippen LogP contribution in [0, 0.1) is 5.92 Å². The topological polar surface area (TPSA) is 43.2 Å². The highest BCUT2D eigenvalue weighted by Gasteiger charge is 2.53. The molecule has 4 rings (SSSR count). The lowest BCUT2D eigenvalue weighted by molar-refractivity contribution is -0.592. The summed E-state index contributed by atoms with van der Waals surface area (Å²) in [6, 6.07) is 0. The second-order valence-electron chi connectivity index (χ2n) is 4.99. The van der Waals surface area contributed by atoms with Gasteiger partial charge in [-0.25, -0.2) is 0 Å². The Morgan fingerprint density at radius 3 is 2.89 bits per heavy atom. The number of halogens is 1. The first-order chi connectivity index (χ1) is 8.71. The Kier molecular flexibility index (Phi) is 2.12. The molecule has 1 atom stereocenters. The molecule has 3 heterocycles. The minimum atomic E-state index is -0.347. The van der Waals surface area contributed by atoms with Gasteiger partial charge >= 0.3 is 0 Å². The van der Waals surface area contributed by atoms with Gasteiger partial charge in [0.1, 0.15) is 11.9 Å². The molecule has 5 nitrogen and oxygen atoms in total. The van der Waals surface area contributed by atoms with Crippen molar-refractivity contribution in [2.24, 2.45) is 15.9 Å². The van der Waals surface area contributed by atoms with Crippen LogP contribution in [0.4, 0.5) is 0 Å². The van der Waals surface area contributed by atoms with Crippen molar-refractivity contribution >= 4 is 24.3 Å². The smallest absolute Gasteiger partial charge is 0.218 e. The Hall–Kier alpha value is -1.01. The summed E-state index contributed by atoms with van der Waals surface area (Å²) in [5, 5.41) is 0. The average molecular weight is 267 g/mol. The summed E-state index contributed by atoms with van der Waals surface area (Å²) in [4.78, 5) is 8.61. The fourth-order valence-corrected chi connectivity index (χ4v) is 3.13. The van der Waals surface area contributed by atoms with Gasteiger partial charge in [0.25, 0.3) is 0 Å². The van der Waals surface area contributed by atoms with E-state index in [2.05, 4.69) is 9.98 Å². The summed E-state index contributed by atoms with van der Waals surface area (Å²) in [5.41, 5.74) is 1.96. The van der Waals surface area contributed by atoms with Crippen molar-refractivity contribution < 1.29 is 13.5 Å². The SMILES string of the molecule is Cl[N+]12C=CN=CC1=C(C1CC3(C1)OCCO3)N=C2. The third-order valence-corrected chi connectivity index (χ3v) is 4.26. The Bertz CT molecular complexity index is 511. The lowest BCUT2D eigenvalue weighted by atomic mass is 9.76. The van der Waals surface area contributed by atoms with Gasteiger partial charge in [-0.05, 0) is 0 Å². The van der Waals surface area contributed by atoms with Crippen LogP contribution in [0.5, 0.6) is 0 Å². The van der Waals surface area contributed by atoms with Gasteiger partial charge in [0.15, 0.2) is 17.6 Å². The Morgan fingerprint density at radius 2 is 2.11 bits per heavy atom. The molecule has 0 aromatic rings. The number of rotatable bonds is 1. The van der Waals surface area contributed by atoms with E-state index in [9.17, 15) is 0 Å². The zero-order valence-electron chi connectivity index (χ0n) is 9.75.